The second-order valence-corrected chi connectivity index (χ2v) is 11.0. The lowest BCUT2D eigenvalue weighted by Gasteiger charge is -2.38. The maximum Gasteiger partial charge on any atom is 0.333 e. The molecule has 4 nitrogen and oxygen atoms in total. The number of carbonyl (C=O) groups is 2. The van der Waals surface area contributed by atoms with Gasteiger partial charge in [0.15, 0.2) is 0 Å². The van der Waals surface area contributed by atoms with Crippen LogP contribution in [0.3, 0.4) is 0 Å². The van der Waals surface area contributed by atoms with Crippen LogP contribution >= 0.6 is 0 Å². The minimum Gasteiger partial charge on any atom is -0.462 e. The fraction of sp³-hybridized carbons (Fsp3) is 0.793. The van der Waals surface area contributed by atoms with Crippen LogP contribution in [0.4, 0.5) is 0 Å². The Kier molecular flexibility index (Phi) is 14.4. The largest absolute Gasteiger partial charge is 0.462 e. The minimum absolute atomic E-state index is 0.0318. The molecule has 1 aliphatic rings. The lowest BCUT2D eigenvalue weighted by molar-refractivity contribution is -0.148. The highest BCUT2D eigenvalue weighted by Gasteiger charge is 2.34. The highest BCUT2D eigenvalue weighted by atomic mass is 16.5. The molecule has 0 saturated heterocycles. The molecule has 0 amide bonds. The molecule has 0 aromatic rings. The van der Waals surface area contributed by atoms with Gasteiger partial charge in [-0.3, -0.25) is 0 Å². The fourth-order valence-corrected chi connectivity index (χ4v) is 4.85. The van der Waals surface area contributed by atoms with Crippen LogP contribution in [-0.4, -0.2) is 24.6 Å². The average Bonchev–Trinajstić information content (AvgIpc) is 2.73. The van der Waals surface area contributed by atoms with Gasteiger partial charge < -0.3 is 9.47 Å². The molecule has 0 aromatic heterocycles. The first-order valence-electron chi connectivity index (χ1n) is 13.4. The van der Waals surface area contributed by atoms with Gasteiger partial charge in [-0.2, -0.15) is 0 Å². The van der Waals surface area contributed by atoms with Gasteiger partial charge in [-0.05, 0) is 50.9 Å². The molecule has 1 fully saturated rings. The second-order valence-electron chi connectivity index (χ2n) is 11.0. The number of unbranched alkanes of at least 4 members (excludes halogenated alkanes) is 9. The number of hydrogen-bond donors (Lipinski definition) is 0. The minimum atomic E-state index is -0.314. The molecule has 0 N–H and O–H groups in total. The van der Waals surface area contributed by atoms with E-state index in [2.05, 4.69) is 27.7 Å². The number of esters is 2. The summed E-state index contributed by atoms with van der Waals surface area (Å²) in [5.74, 6) is -0.0535. The van der Waals surface area contributed by atoms with Crippen LogP contribution in [0, 0.1) is 11.3 Å². The van der Waals surface area contributed by atoms with E-state index in [1.54, 1.807) is 26.0 Å². The van der Waals surface area contributed by atoms with Crippen molar-refractivity contribution in [3.05, 3.63) is 23.3 Å². The van der Waals surface area contributed by atoms with Crippen LogP contribution in [0.15, 0.2) is 23.3 Å². The van der Waals surface area contributed by atoms with E-state index < -0.39 is 0 Å². The van der Waals surface area contributed by atoms with Crippen LogP contribution in [0.2, 0.25) is 0 Å². The molecule has 1 aliphatic carbocycles. The zero-order chi connectivity index (χ0) is 24.7. The van der Waals surface area contributed by atoms with E-state index in [9.17, 15) is 9.59 Å². The van der Waals surface area contributed by atoms with Crippen molar-refractivity contribution in [3.63, 3.8) is 0 Å². The van der Waals surface area contributed by atoms with Crippen LogP contribution in [0.25, 0.3) is 0 Å². The molecule has 2 unspecified atom stereocenters. The van der Waals surface area contributed by atoms with E-state index in [0.29, 0.717) is 23.7 Å². The average molecular weight is 463 g/mol. The SMILES string of the molecule is CCCCCCCCCCCCOC(=O)/C(C)=C/C=C(\C)C(=O)OC1CC(C)CC(C)(C)C1. The van der Waals surface area contributed by atoms with E-state index >= 15 is 0 Å². The number of rotatable bonds is 15. The molecule has 0 heterocycles. The first-order chi connectivity index (χ1) is 15.6. The Bertz CT molecular complexity index is 644. The molecule has 0 spiro atoms. The third kappa shape index (κ3) is 13.7. The number of allylic oxidation sites excluding steroid dienone is 2. The Morgan fingerprint density at radius 2 is 1.33 bits per heavy atom. The molecule has 33 heavy (non-hydrogen) atoms. The number of hydrogen-bond acceptors (Lipinski definition) is 4. The predicted octanol–water partition coefficient (Wildman–Crippen LogP) is 8.10. The number of ether oxygens (including phenoxy) is 2. The van der Waals surface area contributed by atoms with E-state index in [0.717, 1.165) is 25.7 Å². The Hall–Kier alpha value is -1.58. The summed E-state index contributed by atoms with van der Waals surface area (Å²) in [7, 11) is 0. The zero-order valence-electron chi connectivity index (χ0n) is 22.3. The highest BCUT2D eigenvalue weighted by molar-refractivity contribution is 5.90. The van der Waals surface area contributed by atoms with Gasteiger partial charge in [0.25, 0.3) is 0 Å². The first-order valence-corrected chi connectivity index (χ1v) is 13.4. The summed E-state index contributed by atoms with van der Waals surface area (Å²) >= 11 is 0. The topological polar surface area (TPSA) is 52.6 Å². The standard InChI is InChI=1S/C29H50O4/c1-7-8-9-10-11-12-13-14-15-16-19-32-27(30)24(3)17-18-25(4)28(31)33-26-20-23(2)21-29(5,6)22-26/h17-18,23,26H,7-16,19-22H2,1-6H3/b24-17+,25-18+. The van der Waals surface area contributed by atoms with Gasteiger partial charge in [-0.25, -0.2) is 9.59 Å². The van der Waals surface area contributed by atoms with Crippen molar-refractivity contribution in [2.24, 2.45) is 11.3 Å². The maximum absolute atomic E-state index is 12.5. The third-order valence-electron chi connectivity index (χ3n) is 6.58. The molecule has 1 saturated carbocycles. The van der Waals surface area contributed by atoms with Crippen molar-refractivity contribution >= 4 is 11.9 Å². The molecule has 0 bridgehead atoms. The molecule has 0 aromatic carbocycles. The summed E-state index contributed by atoms with van der Waals surface area (Å²) in [6.45, 7) is 12.9. The molecular formula is C29H50O4. The van der Waals surface area contributed by atoms with E-state index in [4.69, 9.17) is 9.47 Å². The summed E-state index contributed by atoms with van der Waals surface area (Å²) in [4.78, 5) is 24.6. The lowest BCUT2D eigenvalue weighted by atomic mass is 9.71. The van der Waals surface area contributed by atoms with Crippen molar-refractivity contribution in [2.45, 2.75) is 131 Å². The van der Waals surface area contributed by atoms with Crippen LogP contribution in [0.5, 0.6) is 0 Å². The molecule has 1 rings (SSSR count). The van der Waals surface area contributed by atoms with Crippen molar-refractivity contribution in [2.75, 3.05) is 6.61 Å². The maximum atomic E-state index is 12.5. The first kappa shape index (κ1) is 29.5. The quantitative estimate of drug-likeness (QED) is 0.107. The molecule has 190 valence electrons. The Labute approximate surface area is 203 Å². The second kappa shape index (κ2) is 16.1. The molecule has 0 radical (unpaired) electrons. The highest BCUT2D eigenvalue weighted by Crippen LogP contribution is 2.39. The van der Waals surface area contributed by atoms with Crippen molar-refractivity contribution < 1.29 is 19.1 Å². The van der Waals surface area contributed by atoms with Gasteiger partial charge in [0.2, 0.25) is 0 Å². The molecule has 2 atom stereocenters. The Balaban J connectivity index is 2.25. The number of carbonyl (C=O) groups excluding carboxylic acids is 2. The molecule has 0 aliphatic heterocycles. The molecular weight excluding hydrogens is 412 g/mol. The predicted molar refractivity (Wildman–Crippen MR) is 137 cm³/mol. The van der Waals surface area contributed by atoms with E-state index in [1.807, 2.05) is 0 Å². The van der Waals surface area contributed by atoms with Crippen molar-refractivity contribution in [1.82, 2.24) is 0 Å². The van der Waals surface area contributed by atoms with Gasteiger partial charge in [-0.15, -0.1) is 0 Å². The van der Waals surface area contributed by atoms with Gasteiger partial charge in [0, 0.05) is 11.1 Å². The summed E-state index contributed by atoms with van der Waals surface area (Å²) in [5, 5.41) is 0. The van der Waals surface area contributed by atoms with Gasteiger partial charge in [0.1, 0.15) is 6.10 Å². The van der Waals surface area contributed by atoms with Crippen LogP contribution < -0.4 is 0 Å². The third-order valence-corrected chi connectivity index (χ3v) is 6.58. The van der Waals surface area contributed by atoms with Crippen molar-refractivity contribution in [3.8, 4) is 0 Å². The zero-order valence-corrected chi connectivity index (χ0v) is 22.3. The van der Waals surface area contributed by atoms with Gasteiger partial charge >= 0.3 is 11.9 Å². The van der Waals surface area contributed by atoms with Crippen LogP contribution in [0.1, 0.15) is 125 Å². The summed E-state index contributed by atoms with van der Waals surface area (Å²) < 4.78 is 11.1. The van der Waals surface area contributed by atoms with Crippen molar-refractivity contribution in [1.29, 1.82) is 0 Å². The fourth-order valence-electron chi connectivity index (χ4n) is 4.85. The summed E-state index contributed by atoms with van der Waals surface area (Å²) in [5.41, 5.74) is 1.21. The summed E-state index contributed by atoms with van der Waals surface area (Å²) in [6.07, 6.45) is 18.8. The van der Waals surface area contributed by atoms with Gasteiger partial charge in [0.05, 0.1) is 6.61 Å². The Morgan fingerprint density at radius 3 is 1.88 bits per heavy atom. The lowest BCUT2D eigenvalue weighted by Crippen LogP contribution is -2.34. The van der Waals surface area contributed by atoms with E-state index in [-0.39, 0.29) is 23.5 Å². The van der Waals surface area contributed by atoms with E-state index in [1.165, 1.54) is 57.8 Å². The molecule has 4 heteroatoms. The Morgan fingerprint density at radius 1 is 0.818 bits per heavy atom. The normalized spacial score (nSPS) is 21.0. The van der Waals surface area contributed by atoms with Gasteiger partial charge in [-0.1, -0.05) is 97.6 Å². The summed E-state index contributed by atoms with van der Waals surface area (Å²) in [6, 6.07) is 0. The smallest absolute Gasteiger partial charge is 0.333 e. The van der Waals surface area contributed by atoms with Crippen LogP contribution in [-0.2, 0) is 19.1 Å². The monoisotopic (exact) mass is 462 g/mol.